The van der Waals surface area contributed by atoms with Crippen LogP contribution in [0.3, 0.4) is 0 Å². The lowest BCUT2D eigenvalue weighted by Crippen LogP contribution is -2.39. The number of nitrogens with one attached hydrogen (secondary N) is 3. The Hall–Kier alpha value is -3.09. The van der Waals surface area contributed by atoms with Crippen LogP contribution in [0.2, 0.25) is 0 Å². The van der Waals surface area contributed by atoms with Crippen LogP contribution in [0.5, 0.6) is 0 Å². The molecule has 154 valence electrons. The Bertz CT molecular complexity index is 945. The van der Waals surface area contributed by atoms with Crippen molar-refractivity contribution in [1.82, 2.24) is 25.4 Å². The Balaban J connectivity index is 1.42. The van der Waals surface area contributed by atoms with Gasteiger partial charge >= 0.3 is 0 Å². The van der Waals surface area contributed by atoms with Gasteiger partial charge < -0.3 is 16.0 Å². The molecule has 0 saturated carbocycles. The summed E-state index contributed by atoms with van der Waals surface area (Å²) >= 11 is 0. The molecule has 0 bridgehead atoms. The van der Waals surface area contributed by atoms with Crippen molar-refractivity contribution in [2.75, 3.05) is 31.5 Å². The van der Waals surface area contributed by atoms with Gasteiger partial charge in [-0.3, -0.25) is 9.67 Å². The van der Waals surface area contributed by atoms with Crippen molar-refractivity contribution in [2.24, 2.45) is 4.99 Å². The molecule has 0 unspecified atom stereocenters. The quantitative estimate of drug-likeness (QED) is 0.296. The summed E-state index contributed by atoms with van der Waals surface area (Å²) in [4.78, 5) is 9.29. The highest BCUT2D eigenvalue weighted by Crippen LogP contribution is 2.14. The van der Waals surface area contributed by atoms with Crippen LogP contribution in [-0.2, 0) is 6.54 Å². The smallest absolute Gasteiger partial charge is 0.191 e. The molecule has 0 aliphatic carbocycles. The minimum atomic E-state index is 0.757. The molecule has 29 heavy (non-hydrogen) atoms. The maximum absolute atomic E-state index is 4.66. The first-order chi connectivity index (χ1) is 14.2. The average molecular weight is 394 g/mol. The van der Waals surface area contributed by atoms with Crippen LogP contribution in [0.1, 0.15) is 24.7 Å². The topological polar surface area (TPSA) is 79.2 Å². The molecule has 0 aliphatic rings. The van der Waals surface area contributed by atoms with Crippen molar-refractivity contribution in [2.45, 2.75) is 33.7 Å². The fraction of sp³-hybridized carbons (Fsp3) is 0.409. The van der Waals surface area contributed by atoms with Gasteiger partial charge in [-0.1, -0.05) is 18.2 Å². The number of aromatic nitrogens is 3. The summed E-state index contributed by atoms with van der Waals surface area (Å²) < 4.78 is 2.05. The summed E-state index contributed by atoms with van der Waals surface area (Å²) in [5.74, 6) is 1.73. The number of hydrogen-bond acceptors (Lipinski definition) is 4. The zero-order valence-electron chi connectivity index (χ0n) is 17.6. The molecule has 3 N–H and O–H groups in total. The fourth-order valence-corrected chi connectivity index (χ4v) is 3.19. The molecule has 2 heterocycles. The molecule has 0 saturated heterocycles. The highest BCUT2D eigenvalue weighted by molar-refractivity contribution is 5.80. The summed E-state index contributed by atoms with van der Waals surface area (Å²) in [5, 5.41) is 15.7. The Morgan fingerprint density at radius 1 is 1.07 bits per heavy atom. The zero-order valence-corrected chi connectivity index (χ0v) is 17.6. The molecular formula is C22H31N7. The lowest BCUT2D eigenvalue weighted by molar-refractivity contribution is 0.567. The molecule has 0 amide bonds. The van der Waals surface area contributed by atoms with Crippen molar-refractivity contribution in [1.29, 1.82) is 0 Å². The number of rotatable bonds is 9. The van der Waals surface area contributed by atoms with Gasteiger partial charge in [-0.05, 0) is 51.5 Å². The molecule has 7 nitrogen and oxygen atoms in total. The summed E-state index contributed by atoms with van der Waals surface area (Å²) in [6, 6.07) is 14.3. The van der Waals surface area contributed by atoms with Gasteiger partial charge in [0.05, 0.1) is 11.2 Å². The lowest BCUT2D eigenvalue weighted by Gasteiger charge is -2.12. The molecular weight excluding hydrogens is 362 g/mol. The second kappa shape index (κ2) is 10.5. The molecule has 2 aromatic heterocycles. The number of para-hydroxylation sites is 1. The predicted molar refractivity (Wildman–Crippen MR) is 121 cm³/mol. The number of nitrogens with zero attached hydrogens (tertiary/aromatic N) is 4. The van der Waals surface area contributed by atoms with Gasteiger partial charge in [-0.2, -0.15) is 5.10 Å². The molecule has 0 radical (unpaired) electrons. The first-order valence-electron chi connectivity index (χ1n) is 10.3. The molecule has 1 aromatic carbocycles. The number of anilines is 1. The SMILES string of the molecule is CCNC(=NCCCn1nc(C)cc1C)NCCNc1ccc2ccccc2n1. The fourth-order valence-electron chi connectivity index (χ4n) is 3.19. The Morgan fingerprint density at radius 3 is 2.72 bits per heavy atom. The van der Waals surface area contributed by atoms with E-state index in [1.807, 2.05) is 35.9 Å². The van der Waals surface area contributed by atoms with Crippen molar-refractivity contribution >= 4 is 22.7 Å². The van der Waals surface area contributed by atoms with Crippen LogP contribution in [0, 0.1) is 13.8 Å². The van der Waals surface area contributed by atoms with Gasteiger partial charge in [0.15, 0.2) is 5.96 Å². The number of aliphatic imine (C=N–C) groups is 1. The van der Waals surface area contributed by atoms with E-state index in [1.165, 1.54) is 5.69 Å². The van der Waals surface area contributed by atoms with Crippen LogP contribution < -0.4 is 16.0 Å². The summed E-state index contributed by atoms with van der Waals surface area (Å²) in [6.45, 7) is 10.2. The van der Waals surface area contributed by atoms with Gasteiger partial charge in [0, 0.05) is 43.8 Å². The average Bonchev–Trinajstić information content (AvgIpc) is 3.05. The van der Waals surface area contributed by atoms with E-state index < -0.39 is 0 Å². The second-order valence-corrected chi connectivity index (χ2v) is 7.01. The van der Waals surface area contributed by atoms with E-state index in [0.29, 0.717) is 0 Å². The van der Waals surface area contributed by atoms with Gasteiger partial charge in [-0.25, -0.2) is 4.98 Å². The van der Waals surface area contributed by atoms with Gasteiger partial charge in [-0.15, -0.1) is 0 Å². The molecule has 0 atom stereocenters. The van der Waals surface area contributed by atoms with Crippen molar-refractivity contribution in [3.63, 3.8) is 0 Å². The first-order valence-corrected chi connectivity index (χ1v) is 10.3. The molecule has 3 rings (SSSR count). The highest BCUT2D eigenvalue weighted by atomic mass is 15.3. The number of benzene rings is 1. The van der Waals surface area contributed by atoms with Crippen LogP contribution in [-0.4, -0.2) is 46.9 Å². The van der Waals surface area contributed by atoms with E-state index in [2.05, 4.69) is 63.1 Å². The van der Waals surface area contributed by atoms with E-state index in [0.717, 1.165) is 67.5 Å². The van der Waals surface area contributed by atoms with Crippen molar-refractivity contribution < 1.29 is 0 Å². The van der Waals surface area contributed by atoms with Crippen LogP contribution in [0.25, 0.3) is 10.9 Å². The van der Waals surface area contributed by atoms with Crippen LogP contribution in [0.4, 0.5) is 5.82 Å². The molecule has 7 heteroatoms. The summed E-state index contributed by atoms with van der Waals surface area (Å²) in [7, 11) is 0. The van der Waals surface area contributed by atoms with Crippen LogP contribution >= 0.6 is 0 Å². The lowest BCUT2D eigenvalue weighted by atomic mass is 10.2. The number of aryl methyl sites for hydroxylation is 3. The van der Waals surface area contributed by atoms with Crippen molar-refractivity contribution in [3.8, 4) is 0 Å². The van der Waals surface area contributed by atoms with Gasteiger partial charge in [0.1, 0.15) is 5.82 Å². The number of fused-ring (bicyclic) bond motifs is 1. The maximum atomic E-state index is 4.66. The second-order valence-electron chi connectivity index (χ2n) is 7.01. The van der Waals surface area contributed by atoms with Gasteiger partial charge in [0.25, 0.3) is 0 Å². The first kappa shape index (κ1) is 20.6. The minimum Gasteiger partial charge on any atom is -0.368 e. The van der Waals surface area contributed by atoms with E-state index in [1.54, 1.807) is 0 Å². The number of guanidine groups is 1. The maximum Gasteiger partial charge on any atom is 0.191 e. The minimum absolute atomic E-state index is 0.757. The standard InChI is InChI=1S/C22H31N7/c1-4-23-22(25-12-7-15-29-18(3)16-17(2)28-29)26-14-13-24-21-11-10-19-8-5-6-9-20(19)27-21/h5-6,8-11,16H,4,7,12-15H2,1-3H3,(H,24,27)(H2,23,25,26). The molecule has 0 spiro atoms. The van der Waals surface area contributed by atoms with E-state index in [4.69, 9.17) is 0 Å². The van der Waals surface area contributed by atoms with E-state index in [9.17, 15) is 0 Å². The van der Waals surface area contributed by atoms with Crippen molar-refractivity contribution in [3.05, 3.63) is 53.9 Å². The summed E-state index contributed by atoms with van der Waals surface area (Å²) in [5.41, 5.74) is 3.27. The van der Waals surface area contributed by atoms with Gasteiger partial charge in [0.2, 0.25) is 0 Å². The van der Waals surface area contributed by atoms with Crippen LogP contribution in [0.15, 0.2) is 47.5 Å². The third-order valence-electron chi connectivity index (χ3n) is 4.57. The predicted octanol–water partition coefficient (Wildman–Crippen LogP) is 3.11. The highest BCUT2D eigenvalue weighted by Gasteiger charge is 2.01. The third-order valence-corrected chi connectivity index (χ3v) is 4.57. The number of hydrogen-bond donors (Lipinski definition) is 3. The number of pyridine rings is 1. The largest absolute Gasteiger partial charge is 0.368 e. The Labute approximate surface area is 172 Å². The molecule has 3 aromatic rings. The zero-order chi connectivity index (χ0) is 20.5. The van der Waals surface area contributed by atoms with E-state index in [-0.39, 0.29) is 0 Å². The third kappa shape index (κ3) is 6.20. The Morgan fingerprint density at radius 2 is 1.93 bits per heavy atom. The molecule has 0 fully saturated rings. The van der Waals surface area contributed by atoms with E-state index >= 15 is 0 Å². The Kier molecular flexibility index (Phi) is 7.44. The summed E-state index contributed by atoms with van der Waals surface area (Å²) in [6.07, 6.45) is 0.956. The monoisotopic (exact) mass is 393 g/mol. The normalized spacial score (nSPS) is 11.6. The molecule has 0 aliphatic heterocycles.